The molecule has 0 aromatic carbocycles. The Morgan fingerprint density at radius 3 is 2.64 bits per heavy atom. The Hall–Kier alpha value is -0.700. The Morgan fingerprint density at radius 2 is 2.14 bits per heavy atom. The van der Waals surface area contributed by atoms with Gasteiger partial charge in [0, 0.05) is 25.7 Å². The van der Waals surface area contributed by atoms with Gasteiger partial charge in [-0.25, -0.2) is 0 Å². The summed E-state index contributed by atoms with van der Waals surface area (Å²) in [5, 5.41) is 3.34. The highest BCUT2D eigenvalue weighted by molar-refractivity contribution is 4.92. The number of hydrogen-bond acceptors (Lipinski definition) is 3. The van der Waals surface area contributed by atoms with Crippen LogP contribution in [0, 0.1) is 0 Å². The van der Waals surface area contributed by atoms with E-state index < -0.39 is 0 Å². The lowest BCUT2D eigenvalue weighted by atomic mass is 10.2. The van der Waals surface area contributed by atoms with Crippen molar-refractivity contribution >= 4 is 0 Å². The SMILES string of the molecule is C=C(OC(C)(C)C)N1CCNC[C@H]1C. The Kier molecular flexibility index (Phi) is 3.43. The Morgan fingerprint density at radius 1 is 1.50 bits per heavy atom. The number of hydrogen-bond donors (Lipinski definition) is 1. The van der Waals surface area contributed by atoms with Crippen LogP contribution in [-0.2, 0) is 4.74 Å². The molecule has 14 heavy (non-hydrogen) atoms. The van der Waals surface area contributed by atoms with Crippen molar-refractivity contribution in [2.75, 3.05) is 19.6 Å². The molecule has 1 atom stereocenters. The predicted molar refractivity (Wildman–Crippen MR) is 59.0 cm³/mol. The van der Waals surface area contributed by atoms with Crippen LogP contribution in [0.3, 0.4) is 0 Å². The number of ether oxygens (including phenoxy) is 1. The van der Waals surface area contributed by atoms with E-state index in [2.05, 4.69) is 23.7 Å². The third-order valence-corrected chi connectivity index (χ3v) is 2.25. The molecule has 3 heteroatoms. The van der Waals surface area contributed by atoms with E-state index in [0.29, 0.717) is 6.04 Å². The minimum atomic E-state index is -0.151. The summed E-state index contributed by atoms with van der Waals surface area (Å²) < 4.78 is 5.75. The van der Waals surface area contributed by atoms with Crippen molar-refractivity contribution in [3.05, 3.63) is 12.5 Å². The van der Waals surface area contributed by atoms with Crippen molar-refractivity contribution in [3.8, 4) is 0 Å². The highest BCUT2D eigenvalue weighted by atomic mass is 16.5. The molecule has 0 spiro atoms. The first-order valence-electron chi connectivity index (χ1n) is 5.25. The third kappa shape index (κ3) is 3.22. The van der Waals surface area contributed by atoms with Gasteiger partial charge < -0.3 is 15.0 Å². The van der Waals surface area contributed by atoms with Gasteiger partial charge in [-0.05, 0) is 34.3 Å². The van der Waals surface area contributed by atoms with E-state index in [1.807, 2.05) is 20.8 Å². The molecule has 1 aliphatic heterocycles. The molecule has 1 saturated heterocycles. The van der Waals surface area contributed by atoms with E-state index >= 15 is 0 Å². The zero-order chi connectivity index (χ0) is 10.8. The molecule has 0 aromatic heterocycles. The fourth-order valence-electron chi connectivity index (χ4n) is 1.62. The molecule has 0 bridgehead atoms. The second kappa shape index (κ2) is 4.22. The number of nitrogens with zero attached hydrogens (tertiary/aromatic N) is 1. The average Bonchev–Trinajstić information content (AvgIpc) is 2.01. The zero-order valence-corrected chi connectivity index (χ0v) is 9.76. The summed E-state index contributed by atoms with van der Waals surface area (Å²) in [6.45, 7) is 15.3. The predicted octanol–water partition coefficient (Wildman–Crippen LogP) is 1.57. The lowest BCUT2D eigenvalue weighted by molar-refractivity contribution is -0.0113. The topological polar surface area (TPSA) is 24.5 Å². The third-order valence-electron chi connectivity index (χ3n) is 2.25. The molecule has 1 aliphatic rings. The van der Waals surface area contributed by atoms with E-state index in [1.165, 1.54) is 0 Å². The van der Waals surface area contributed by atoms with Crippen molar-refractivity contribution in [3.63, 3.8) is 0 Å². The molecule has 1 fully saturated rings. The normalized spacial score (nSPS) is 23.4. The van der Waals surface area contributed by atoms with Gasteiger partial charge in [-0.3, -0.25) is 0 Å². The first-order chi connectivity index (χ1) is 6.40. The molecule has 1 rings (SSSR count). The number of rotatable bonds is 2. The molecule has 1 heterocycles. The molecule has 1 N–H and O–H groups in total. The zero-order valence-electron chi connectivity index (χ0n) is 9.76. The molecular weight excluding hydrogens is 176 g/mol. The summed E-state index contributed by atoms with van der Waals surface area (Å²) in [7, 11) is 0. The molecule has 0 aromatic rings. The van der Waals surface area contributed by atoms with Gasteiger partial charge >= 0.3 is 0 Å². The van der Waals surface area contributed by atoms with E-state index in [0.717, 1.165) is 25.5 Å². The van der Waals surface area contributed by atoms with Gasteiger partial charge in [0.15, 0.2) is 5.88 Å². The molecule has 3 nitrogen and oxygen atoms in total. The summed E-state index contributed by atoms with van der Waals surface area (Å²) in [5.74, 6) is 0.798. The molecular formula is C11H22N2O. The van der Waals surface area contributed by atoms with Crippen molar-refractivity contribution in [1.82, 2.24) is 10.2 Å². The summed E-state index contributed by atoms with van der Waals surface area (Å²) >= 11 is 0. The highest BCUT2D eigenvalue weighted by Gasteiger charge is 2.23. The lowest BCUT2D eigenvalue weighted by Crippen LogP contribution is -2.49. The first kappa shape index (κ1) is 11.4. The van der Waals surface area contributed by atoms with E-state index in [4.69, 9.17) is 4.74 Å². The molecule has 82 valence electrons. The quantitative estimate of drug-likeness (QED) is 0.682. The van der Waals surface area contributed by atoms with Crippen LogP contribution < -0.4 is 5.32 Å². The molecule has 0 saturated carbocycles. The van der Waals surface area contributed by atoms with Crippen LogP contribution in [0.1, 0.15) is 27.7 Å². The largest absolute Gasteiger partial charge is 0.474 e. The van der Waals surface area contributed by atoms with Crippen LogP contribution in [0.4, 0.5) is 0 Å². The van der Waals surface area contributed by atoms with Crippen LogP contribution in [-0.4, -0.2) is 36.2 Å². The van der Waals surface area contributed by atoms with Crippen LogP contribution in [0.5, 0.6) is 0 Å². The standard InChI is InChI=1S/C11H22N2O/c1-9-8-12-6-7-13(9)10(2)14-11(3,4)5/h9,12H,2,6-8H2,1,3-5H3/t9-/m1/s1. The van der Waals surface area contributed by atoms with Crippen LogP contribution in [0.2, 0.25) is 0 Å². The highest BCUT2D eigenvalue weighted by Crippen LogP contribution is 2.18. The van der Waals surface area contributed by atoms with Crippen molar-refractivity contribution in [1.29, 1.82) is 0 Å². The Labute approximate surface area is 87.1 Å². The van der Waals surface area contributed by atoms with Gasteiger partial charge in [0.1, 0.15) is 5.60 Å². The second-order valence-electron chi connectivity index (χ2n) is 4.85. The second-order valence-corrected chi connectivity index (χ2v) is 4.85. The number of piperazine rings is 1. The van der Waals surface area contributed by atoms with Crippen LogP contribution in [0.15, 0.2) is 12.5 Å². The van der Waals surface area contributed by atoms with Crippen LogP contribution in [0.25, 0.3) is 0 Å². The molecule has 0 amide bonds. The van der Waals surface area contributed by atoms with E-state index in [-0.39, 0.29) is 5.60 Å². The van der Waals surface area contributed by atoms with Crippen LogP contribution >= 0.6 is 0 Å². The molecule has 0 aliphatic carbocycles. The Balaban J connectivity index is 2.50. The van der Waals surface area contributed by atoms with Gasteiger partial charge in [0.2, 0.25) is 0 Å². The maximum Gasteiger partial charge on any atom is 0.182 e. The number of nitrogens with one attached hydrogen (secondary N) is 1. The average molecular weight is 198 g/mol. The smallest absolute Gasteiger partial charge is 0.182 e. The van der Waals surface area contributed by atoms with Gasteiger partial charge in [-0.1, -0.05) is 0 Å². The van der Waals surface area contributed by atoms with Crippen molar-refractivity contribution < 1.29 is 4.74 Å². The maximum atomic E-state index is 5.75. The first-order valence-corrected chi connectivity index (χ1v) is 5.25. The van der Waals surface area contributed by atoms with Crippen molar-refractivity contribution in [2.45, 2.75) is 39.3 Å². The fraction of sp³-hybridized carbons (Fsp3) is 0.818. The Bertz CT molecular complexity index is 208. The van der Waals surface area contributed by atoms with E-state index in [9.17, 15) is 0 Å². The summed E-state index contributed by atoms with van der Waals surface area (Å²) in [4.78, 5) is 2.22. The molecule has 0 radical (unpaired) electrons. The van der Waals surface area contributed by atoms with Gasteiger partial charge in [-0.15, -0.1) is 0 Å². The van der Waals surface area contributed by atoms with Gasteiger partial charge in [0.25, 0.3) is 0 Å². The fourth-order valence-corrected chi connectivity index (χ4v) is 1.62. The minimum absolute atomic E-state index is 0.151. The summed E-state index contributed by atoms with van der Waals surface area (Å²) in [6, 6.07) is 0.471. The monoisotopic (exact) mass is 198 g/mol. The maximum absolute atomic E-state index is 5.75. The van der Waals surface area contributed by atoms with Crippen molar-refractivity contribution in [2.24, 2.45) is 0 Å². The van der Waals surface area contributed by atoms with Gasteiger partial charge in [0.05, 0.1) is 0 Å². The summed E-state index contributed by atoms with van der Waals surface area (Å²) in [6.07, 6.45) is 0. The van der Waals surface area contributed by atoms with E-state index in [1.54, 1.807) is 0 Å². The van der Waals surface area contributed by atoms with Gasteiger partial charge in [-0.2, -0.15) is 0 Å². The minimum Gasteiger partial charge on any atom is -0.474 e. The molecule has 0 unspecified atom stereocenters. The lowest BCUT2D eigenvalue weighted by Gasteiger charge is -2.38. The summed E-state index contributed by atoms with van der Waals surface area (Å²) in [5.41, 5.74) is -0.151.